The normalized spacial score (nSPS) is 53.2. The minimum Gasteiger partial charge on any atom is -0.0654 e. The monoisotopic (exact) mass is 152 g/mol. The Hall–Kier alpha value is 0. The summed E-state index contributed by atoms with van der Waals surface area (Å²) in [4.78, 5) is 0. The van der Waals surface area contributed by atoms with Gasteiger partial charge in [-0.25, -0.2) is 0 Å². The predicted molar refractivity (Wildman–Crippen MR) is 48.4 cm³/mol. The molecule has 0 heterocycles. The van der Waals surface area contributed by atoms with Gasteiger partial charge in [-0.15, -0.1) is 0 Å². The Labute approximate surface area is 70.4 Å². The number of hydrogen-bond acceptors (Lipinski definition) is 0. The molecule has 0 saturated heterocycles. The lowest BCUT2D eigenvalue weighted by molar-refractivity contribution is 0.0340. The van der Waals surface area contributed by atoms with E-state index in [0.29, 0.717) is 0 Å². The first-order valence-corrected chi connectivity index (χ1v) is 5.20. The summed E-state index contributed by atoms with van der Waals surface area (Å²) >= 11 is 0. The third-order valence-electron chi connectivity index (χ3n) is 4.44. The Morgan fingerprint density at radius 1 is 1.45 bits per heavy atom. The van der Waals surface area contributed by atoms with Crippen LogP contribution >= 0.6 is 0 Å². The van der Waals surface area contributed by atoms with Gasteiger partial charge in [0.15, 0.2) is 0 Å². The molecule has 2 saturated carbocycles. The zero-order valence-corrected chi connectivity index (χ0v) is 8.06. The average molecular weight is 152 g/mol. The van der Waals surface area contributed by atoms with Gasteiger partial charge in [-0.2, -0.15) is 0 Å². The third kappa shape index (κ3) is 0.878. The molecule has 0 aromatic rings. The van der Waals surface area contributed by atoms with E-state index in [4.69, 9.17) is 0 Å². The van der Waals surface area contributed by atoms with Crippen LogP contribution in [0.15, 0.2) is 0 Å². The van der Waals surface area contributed by atoms with Crippen molar-refractivity contribution in [3.05, 3.63) is 0 Å². The lowest BCUT2D eigenvalue weighted by Gasteiger charge is -2.45. The summed E-state index contributed by atoms with van der Waals surface area (Å²) in [7, 11) is 0. The van der Waals surface area contributed by atoms with Gasteiger partial charge in [0.1, 0.15) is 0 Å². The molecule has 0 aromatic heterocycles. The molecule has 4 unspecified atom stereocenters. The van der Waals surface area contributed by atoms with Gasteiger partial charge in [-0.05, 0) is 36.0 Å². The molecular weight excluding hydrogens is 132 g/mol. The summed E-state index contributed by atoms with van der Waals surface area (Å²) in [5.74, 6) is 3.33. The van der Waals surface area contributed by atoms with Crippen LogP contribution in [0.2, 0.25) is 0 Å². The summed E-state index contributed by atoms with van der Waals surface area (Å²) in [6.45, 7) is 7.28. The lowest BCUT2D eigenvalue weighted by Crippen LogP contribution is -2.38. The second-order valence-corrected chi connectivity index (χ2v) is 4.90. The van der Waals surface area contributed by atoms with Gasteiger partial charge in [0.2, 0.25) is 0 Å². The molecule has 2 rings (SSSR count). The van der Waals surface area contributed by atoms with Crippen LogP contribution in [0, 0.1) is 23.2 Å². The topological polar surface area (TPSA) is 0 Å². The van der Waals surface area contributed by atoms with Crippen molar-refractivity contribution in [3.63, 3.8) is 0 Å². The predicted octanol–water partition coefficient (Wildman–Crippen LogP) is 3.47. The Morgan fingerprint density at radius 3 is 2.64 bits per heavy atom. The van der Waals surface area contributed by atoms with Gasteiger partial charge in [-0.1, -0.05) is 33.6 Å². The Bertz CT molecular complexity index is 161. The summed E-state index contributed by atoms with van der Waals surface area (Å²) in [5.41, 5.74) is 0.765. The highest BCUT2D eigenvalue weighted by molar-refractivity contribution is 5.13. The molecule has 4 atom stereocenters. The van der Waals surface area contributed by atoms with Crippen LogP contribution in [-0.4, -0.2) is 0 Å². The molecule has 0 heteroatoms. The largest absolute Gasteiger partial charge is 0.0654 e. The van der Waals surface area contributed by atoms with Crippen molar-refractivity contribution in [3.8, 4) is 0 Å². The maximum atomic E-state index is 2.52. The van der Waals surface area contributed by atoms with Crippen molar-refractivity contribution in [2.45, 2.75) is 46.5 Å². The van der Waals surface area contributed by atoms with E-state index in [1.165, 1.54) is 19.3 Å². The minimum atomic E-state index is 0.765. The lowest BCUT2D eigenvalue weighted by atomic mass is 9.60. The smallest absolute Gasteiger partial charge is 0.0266 e. The number of unbranched alkanes of at least 4 members (excludes halogenated alkanes) is 1. The molecule has 0 bridgehead atoms. The molecule has 0 N–H and O–H groups in total. The van der Waals surface area contributed by atoms with Crippen LogP contribution in [0.1, 0.15) is 46.5 Å². The molecule has 0 aliphatic heterocycles. The number of hydrogen-bond donors (Lipinski definition) is 0. The van der Waals surface area contributed by atoms with E-state index in [9.17, 15) is 0 Å². The molecule has 0 spiro atoms. The van der Waals surface area contributed by atoms with E-state index in [0.717, 1.165) is 23.2 Å². The van der Waals surface area contributed by atoms with E-state index < -0.39 is 0 Å². The van der Waals surface area contributed by atoms with Crippen molar-refractivity contribution in [2.75, 3.05) is 0 Å². The van der Waals surface area contributed by atoms with E-state index in [2.05, 4.69) is 20.8 Å². The average Bonchev–Trinajstić information content (AvgIpc) is 2.76. The first-order valence-electron chi connectivity index (χ1n) is 5.20. The molecule has 11 heavy (non-hydrogen) atoms. The maximum absolute atomic E-state index is 2.52. The standard InChI is InChI=1S/C11H20/c1-4-5-6-11(3)8(2)9-7-10(9)11/h8-10H,4-7H2,1-3H3. The fourth-order valence-corrected chi connectivity index (χ4v) is 3.20. The van der Waals surface area contributed by atoms with Crippen LogP contribution in [0.4, 0.5) is 0 Å². The highest BCUT2D eigenvalue weighted by Crippen LogP contribution is 2.72. The summed E-state index contributed by atoms with van der Waals surface area (Å²) < 4.78 is 0. The zero-order valence-electron chi connectivity index (χ0n) is 8.06. The van der Waals surface area contributed by atoms with Crippen LogP contribution in [0.25, 0.3) is 0 Å². The van der Waals surface area contributed by atoms with Crippen molar-refractivity contribution in [1.29, 1.82) is 0 Å². The van der Waals surface area contributed by atoms with E-state index >= 15 is 0 Å². The molecule has 0 nitrogen and oxygen atoms in total. The van der Waals surface area contributed by atoms with Gasteiger partial charge in [0.25, 0.3) is 0 Å². The van der Waals surface area contributed by atoms with Gasteiger partial charge in [0, 0.05) is 0 Å². The van der Waals surface area contributed by atoms with Crippen LogP contribution in [0.5, 0.6) is 0 Å². The first-order chi connectivity index (χ1) is 5.20. The van der Waals surface area contributed by atoms with E-state index in [1.807, 2.05) is 0 Å². The van der Waals surface area contributed by atoms with Crippen molar-refractivity contribution >= 4 is 0 Å². The fraction of sp³-hybridized carbons (Fsp3) is 1.00. The summed E-state index contributed by atoms with van der Waals surface area (Å²) in [6, 6.07) is 0. The highest BCUT2D eigenvalue weighted by atomic mass is 14.7. The molecule has 0 radical (unpaired) electrons. The summed E-state index contributed by atoms with van der Waals surface area (Å²) in [5, 5.41) is 0. The molecule has 0 amide bonds. The number of fused-ring (bicyclic) bond motifs is 1. The van der Waals surface area contributed by atoms with Gasteiger partial charge >= 0.3 is 0 Å². The Balaban J connectivity index is 1.89. The third-order valence-corrected chi connectivity index (χ3v) is 4.44. The van der Waals surface area contributed by atoms with Crippen molar-refractivity contribution in [1.82, 2.24) is 0 Å². The summed E-state index contributed by atoms with van der Waals surface area (Å²) in [6.07, 6.45) is 5.87. The minimum absolute atomic E-state index is 0.765. The quantitative estimate of drug-likeness (QED) is 0.581. The molecular formula is C11H20. The van der Waals surface area contributed by atoms with E-state index in [1.54, 1.807) is 6.42 Å². The van der Waals surface area contributed by atoms with Gasteiger partial charge < -0.3 is 0 Å². The molecule has 2 fully saturated rings. The second-order valence-electron chi connectivity index (χ2n) is 4.90. The fourth-order valence-electron chi connectivity index (χ4n) is 3.20. The molecule has 64 valence electrons. The second kappa shape index (κ2) is 2.24. The molecule has 2 aliphatic rings. The van der Waals surface area contributed by atoms with Gasteiger partial charge in [-0.3, -0.25) is 0 Å². The molecule has 2 aliphatic carbocycles. The zero-order chi connectivity index (χ0) is 8.06. The SMILES string of the molecule is CCCCC1(C)C(C)C2CC21. The number of rotatable bonds is 3. The van der Waals surface area contributed by atoms with E-state index in [-0.39, 0.29) is 0 Å². The highest BCUT2D eigenvalue weighted by Gasteiger charge is 2.65. The Kier molecular flexibility index (Phi) is 1.56. The van der Waals surface area contributed by atoms with Crippen molar-refractivity contribution in [2.24, 2.45) is 23.2 Å². The van der Waals surface area contributed by atoms with Crippen molar-refractivity contribution < 1.29 is 0 Å². The first kappa shape index (κ1) is 7.64. The van der Waals surface area contributed by atoms with Crippen LogP contribution in [0.3, 0.4) is 0 Å². The Morgan fingerprint density at radius 2 is 2.18 bits per heavy atom. The molecule has 0 aromatic carbocycles. The van der Waals surface area contributed by atoms with Crippen LogP contribution < -0.4 is 0 Å². The van der Waals surface area contributed by atoms with Crippen LogP contribution in [-0.2, 0) is 0 Å². The maximum Gasteiger partial charge on any atom is -0.0266 e. The van der Waals surface area contributed by atoms with Gasteiger partial charge in [0.05, 0.1) is 0 Å².